The molecule has 0 amide bonds. The van der Waals surface area contributed by atoms with Crippen molar-refractivity contribution in [3.8, 4) is 0 Å². The van der Waals surface area contributed by atoms with Crippen LogP contribution in [0, 0.1) is 5.41 Å². The fourth-order valence-corrected chi connectivity index (χ4v) is 0.429. The Hall–Kier alpha value is -0.510. The summed E-state index contributed by atoms with van der Waals surface area (Å²) in [5.41, 5.74) is 5.47. The number of thioether (sulfide) groups is 1. The molecule has 0 aromatic heterocycles. The van der Waals surface area contributed by atoms with Crippen LogP contribution in [0.1, 0.15) is 20.8 Å². The number of amidine groups is 1. The first-order valence-electron chi connectivity index (χ1n) is 3.37. The smallest absolute Gasteiger partial charge is 0.180 e. The first kappa shape index (κ1) is 10.5. The quantitative estimate of drug-likeness (QED) is 0.373. The molecular weight excluding hydrogens is 158 g/mol. The lowest BCUT2D eigenvalue weighted by molar-refractivity contribution is 0.605. The van der Waals surface area contributed by atoms with Gasteiger partial charge >= 0.3 is 0 Å². The molecule has 0 spiro atoms. The van der Waals surface area contributed by atoms with Gasteiger partial charge in [0.05, 0.1) is 0 Å². The van der Waals surface area contributed by atoms with E-state index in [-0.39, 0.29) is 5.41 Å². The number of nitrogens with two attached hydrogens (primary N) is 1. The van der Waals surface area contributed by atoms with Crippen LogP contribution in [0.4, 0.5) is 0 Å². The summed E-state index contributed by atoms with van der Waals surface area (Å²) in [5, 5.41) is 8.08. The van der Waals surface area contributed by atoms with Gasteiger partial charge in [0.1, 0.15) is 0 Å². The van der Waals surface area contributed by atoms with E-state index in [2.05, 4.69) is 31.0 Å². The Morgan fingerprint density at radius 1 is 1.45 bits per heavy atom. The maximum Gasteiger partial charge on any atom is 0.180 e. The third-order valence-corrected chi connectivity index (χ3v) is 1.31. The zero-order valence-corrected chi connectivity index (χ0v) is 8.27. The summed E-state index contributed by atoms with van der Waals surface area (Å²) in [6, 6.07) is 0. The van der Waals surface area contributed by atoms with E-state index < -0.39 is 0 Å². The molecule has 0 heterocycles. The molecule has 0 aromatic rings. The predicted molar refractivity (Wildman–Crippen MR) is 53.1 cm³/mol. The lowest BCUT2D eigenvalue weighted by atomic mass is 9.99. The number of nitrogens with zero attached hydrogens (tertiary/aromatic N) is 2. The second kappa shape index (κ2) is 4.38. The first-order valence-corrected chi connectivity index (χ1v) is 4.60. The Bertz CT molecular complexity index is 167. The summed E-state index contributed by atoms with van der Waals surface area (Å²) < 4.78 is 0. The van der Waals surface area contributed by atoms with Gasteiger partial charge in [-0.1, -0.05) is 32.5 Å². The van der Waals surface area contributed by atoms with E-state index >= 15 is 0 Å². The molecule has 2 N–H and O–H groups in total. The zero-order valence-electron chi connectivity index (χ0n) is 7.46. The van der Waals surface area contributed by atoms with Crippen molar-refractivity contribution in [1.82, 2.24) is 0 Å². The number of hydrogen-bond donors (Lipinski definition) is 1. The van der Waals surface area contributed by atoms with Crippen molar-refractivity contribution in [2.24, 2.45) is 21.4 Å². The normalized spacial score (nSPS) is 14.4. The summed E-state index contributed by atoms with van der Waals surface area (Å²) in [7, 11) is 0. The summed E-state index contributed by atoms with van der Waals surface area (Å²) >= 11 is 1.39. The molecule has 0 radical (unpaired) electrons. The Labute approximate surface area is 72.2 Å². The van der Waals surface area contributed by atoms with Crippen LogP contribution in [0.15, 0.2) is 10.2 Å². The van der Waals surface area contributed by atoms with Gasteiger partial charge in [-0.15, -0.1) is 5.10 Å². The topological polar surface area (TPSA) is 50.7 Å². The minimum absolute atomic E-state index is 0.0716. The molecule has 11 heavy (non-hydrogen) atoms. The van der Waals surface area contributed by atoms with Crippen LogP contribution in [-0.2, 0) is 0 Å². The van der Waals surface area contributed by atoms with E-state index in [9.17, 15) is 0 Å². The second-order valence-corrected chi connectivity index (χ2v) is 4.08. The molecule has 64 valence electrons. The van der Waals surface area contributed by atoms with Crippen molar-refractivity contribution in [1.29, 1.82) is 0 Å². The molecule has 0 rings (SSSR count). The van der Waals surface area contributed by atoms with E-state index in [1.165, 1.54) is 11.8 Å². The zero-order chi connectivity index (χ0) is 8.91. The lowest BCUT2D eigenvalue weighted by Gasteiger charge is -2.07. The molecule has 0 unspecified atom stereocenters. The molecule has 0 aliphatic carbocycles. The Kier molecular flexibility index (Phi) is 4.18. The first-order chi connectivity index (χ1) is 4.95. The van der Waals surface area contributed by atoms with Crippen molar-refractivity contribution in [3.63, 3.8) is 0 Å². The van der Waals surface area contributed by atoms with Crippen LogP contribution in [0.5, 0.6) is 0 Å². The number of hydrogen-bond acceptors (Lipinski definition) is 3. The molecule has 0 saturated heterocycles. The van der Waals surface area contributed by atoms with Crippen molar-refractivity contribution in [2.45, 2.75) is 20.8 Å². The van der Waals surface area contributed by atoms with E-state index in [4.69, 9.17) is 5.73 Å². The van der Waals surface area contributed by atoms with Gasteiger partial charge in [0.25, 0.3) is 0 Å². The molecule has 0 saturated carbocycles. The fourth-order valence-electron chi connectivity index (χ4n) is 0.300. The second-order valence-electron chi connectivity index (χ2n) is 3.25. The molecule has 0 aliphatic rings. The highest BCUT2D eigenvalue weighted by Crippen LogP contribution is 2.08. The SMILES string of the molecule is CS/C(N)=N/N=C/C(C)(C)C. The molecule has 0 atom stereocenters. The lowest BCUT2D eigenvalue weighted by Crippen LogP contribution is -2.07. The Morgan fingerprint density at radius 3 is 2.36 bits per heavy atom. The molecule has 4 heteroatoms. The molecule has 0 aromatic carbocycles. The van der Waals surface area contributed by atoms with E-state index in [1.54, 1.807) is 6.21 Å². The monoisotopic (exact) mass is 173 g/mol. The van der Waals surface area contributed by atoms with Gasteiger partial charge in [0, 0.05) is 6.21 Å². The van der Waals surface area contributed by atoms with Gasteiger partial charge in [0.15, 0.2) is 5.17 Å². The maximum absolute atomic E-state index is 5.40. The van der Waals surface area contributed by atoms with Crippen LogP contribution >= 0.6 is 11.8 Å². The summed E-state index contributed by atoms with van der Waals surface area (Å²) in [6.45, 7) is 6.17. The van der Waals surface area contributed by atoms with Crippen molar-refractivity contribution in [2.75, 3.05) is 6.26 Å². The standard InChI is InChI=1S/C7H15N3S/c1-7(2,3)5-9-10-6(8)11-4/h5H,1-4H3,(H2,8,10)/b9-5+. The number of rotatable bonds is 1. The van der Waals surface area contributed by atoms with Crippen LogP contribution in [-0.4, -0.2) is 17.6 Å². The van der Waals surface area contributed by atoms with Crippen LogP contribution in [0.25, 0.3) is 0 Å². The predicted octanol–water partition coefficient (Wildman–Crippen LogP) is 1.70. The van der Waals surface area contributed by atoms with Gasteiger partial charge in [-0.3, -0.25) is 0 Å². The van der Waals surface area contributed by atoms with Gasteiger partial charge in [-0.05, 0) is 11.7 Å². The Balaban J connectivity index is 3.96. The van der Waals surface area contributed by atoms with E-state index in [0.717, 1.165) is 0 Å². The van der Waals surface area contributed by atoms with Crippen molar-refractivity contribution >= 4 is 23.1 Å². The average molecular weight is 173 g/mol. The minimum Gasteiger partial charge on any atom is -0.377 e. The molecule has 0 aliphatic heterocycles. The van der Waals surface area contributed by atoms with Gasteiger partial charge in [-0.2, -0.15) is 5.10 Å². The molecule has 0 fully saturated rings. The van der Waals surface area contributed by atoms with E-state index in [1.807, 2.05) is 6.26 Å². The van der Waals surface area contributed by atoms with Gasteiger partial charge < -0.3 is 5.73 Å². The highest BCUT2D eigenvalue weighted by molar-refractivity contribution is 8.13. The largest absolute Gasteiger partial charge is 0.377 e. The minimum atomic E-state index is 0.0716. The van der Waals surface area contributed by atoms with Crippen LogP contribution in [0.3, 0.4) is 0 Å². The van der Waals surface area contributed by atoms with Gasteiger partial charge in [0.2, 0.25) is 0 Å². The van der Waals surface area contributed by atoms with Crippen LogP contribution < -0.4 is 5.73 Å². The van der Waals surface area contributed by atoms with Crippen LogP contribution in [0.2, 0.25) is 0 Å². The molecular formula is C7H15N3S. The van der Waals surface area contributed by atoms with Crippen molar-refractivity contribution in [3.05, 3.63) is 0 Å². The Morgan fingerprint density at radius 2 is 2.00 bits per heavy atom. The highest BCUT2D eigenvalue weighted by Gasteiger charge is 2.04. The maximum atomic E-state index is 5.40. The third kappa shape index (κ3) is 7.39. The van der Waals surface area contributed by atoms with E-state index in [0.29, 0.717) is 5.17 Å². The van der Waals surface area contributed by atoms with Gasteiger partial charge in [-0.25, -0.2) is 0 Å². The average Bonchev–Trinajstić information content (AvgIpc) is 1.85. The summed E-state index contributed by atoms with van der Waals surface area (Å²) in [6.07, 6.45) is 3.64. The fraction of sp³-hybridized carbons (Fsp3) is 0.714. The summed E-state index contributed by atoms with van der Waals surface area (Å²) in [4.78, 5) is 0. The molecule has 0 bridgehead atoms. The van der Waals surface area contributed by atoms with Crippen molar-refractivity contribution < 1.29 is 0 Å². The highest BCUT2D eigenvalue weighted by atomic mass is 32.2. The third-order valence-electron chi connectivity index (χ3n) is 0.810. The molecule has 3 nitrogen and oxygen atoms in total. The summed E-state index contributed by atoms with van der Waals surface area (Å²) in [5.74, 6) is 0.